The Bertz CT molecular complexity index is 1590. The molecule has 7 heteroatoms. The van der Waals surface area contributed by atoms with Gasteiger partial charge in [0.15, 0.2) is 5.11 Å². The standard InChI is InChI=1S/C30H23ClN2O3S/c1-18-7-13-23(15-19(18)2)33-29(35)26(28(34)32-30(33)37)16-25-24-6-4-3-5-21(24)10-14-27(25)36-17-20-8-11-22(31)12-9-20/h3-16H,17H2,1-2H3,(H,32,34,37)/b26-16+. The van der Waals surface area contributed by atoms with Crippen LogP contribution in [0.25, 0.3) is 16.8 Å². The quantitative estimate of drug-likeness (QED) is 0.183. The number of ether oxygens (including phenoxy) is 1. The van der Waals surface area contributed by atoms with Gasteiger partial charge in [-0.2, -0.15) is 0 Å². The lowest BCUT2D eigenvalue weighted by molar-refractivity contribution is -0.122. The second-order valence-electron chi connectivity index (χ2n) is 8.84. The molecular weight excluding hydrogens is 504 g/mol. The molecule has 1 saturated heterocycles. The molecule has 1 fully saturated rings. The lowest BCUT2D eigenvalue weighted by Crippen LogP contribution is -2.54. The Morgan fingerprint density at radius 1 is 0.946 bits per heavy atom. The van der Waals surface area contributed by atoms with Crippen molar-refractivity contribution < 1.29 is 14.3 Å². The van der Waals surface area contributed by atoms with Crippen molar-refractivity contribution in [3.63, 3.8) is 0 Å². The van der Waals surface area contributed by atoms with Gasteiger partial charge in [0.2, 0.25) is 0 Å². The summed E-state index contributed by atoms with van der Waals surface area (Å²) in [6.45, 7) is 4.26. The largest absolute Gasteiger partial charge is 0.488 e. The molecule has 1 aliphatic rings. The number of carbonyl (C=O) groups excluding carboxylic acids is 2. The van der Waals surface area contributed by atoms with Crippen LogP contribution in [-0.2, 0) is 16.2 Å². The summed E-state index contributed by atoms with van der Waals surface area (Å²) >= 11 is 11.4. The van der Waals surface area contributed by atoms with Gasteiger partial charge in [0.1, 0.15) is 17.9 Å². The minimum absolute atomic E-state index is 0.0282. The Kier molecular flexibility index (Phi) is 6.78. The Morgan fingerprint density at radius 2 is 1.70 bits per heavy atom. The van der Waals surface area contributed by atoms with E-state index in [2.05, 4.69) is 5.32 Å². The van der Waals surface area contributed by atoms with Crippen LogP contribution in [0.3, 0.4) is 0 Å². The number of hydrogen-bond donors (Lipinski definition) is 1. The average Bonchev–Trinajstić information content (AvgIpc) is 2.88. The van der Waals surface area contributed by atoms with E-state index < -0.39 is 11.8 Å². The minimum atomic E-state index is -0.549. The van der Waals surface area contributed by atoms with Crippen molar-refractivity contribution in [2.24, 2.45) is 0 Å². The van der Waals surface area contributed by atoms with E-state index in [9.17, 15) is 9.59 Å². The van der Waals surface area contributed by atoms with Crippen LogP contribution in [0.15, 0.2) is 84.4 Å². The Balaban J connectivity index is 1.58. The van der Waals surface area contributed by atoms with E-state index in [0.29, 0.717) is 28.6 Å². The second kappa shape index (κ2) is 10.2. The number of anilines is 1. The molecule has 0 bridgehead atoms. The number of rotatable bonds is 5. The van der Waals surface area contributed by atoms with Crippen LogP contribution in [0, 0.1) is 13.8 Å². The van der Waals surface area contributed by atoms with Gasteiger partial charge in [-0.05, 0) is 89.9 Å². The fourth-order valence-electron chi connectivity index (χ4n) is 4.19. The first-order valence-corrected chi connectivity index (χ1v) is 12.5. The molecule has 184 valence electrons. The summed E-state index contributed by atoms with van der Waals surface area (Å²) in [6, 6.07) is 24.6. The van der Waals surface area contributed by atoms with E-state index in [1.54, 1.807) is 18.2 Å². The third-order valence-electron chi connectivity index (χ3n) is 6.38. The predicted molar refractivity (Wildman–Crippen MR) is 152 cm³/mol. The lowest BCUT2D eigenvalue weighted by Gasteiger charge is -2.29. The summed E-state index contributed by atoms with van der Waals surface area (Å²) in [5.74, 6) is -0.493. The molecule has 0 aromatic heterocycles. The van der Waals surface area contributed by atoms with Crippen molar-refractivity contribution in [3.05, 3.63) is 112 Å². The van der Waals surface area contributed by atoms with E-state index >= 15 is 0 Å². The molecule has 0 aliphatic carbocycles. The van der Waals surface area contributed by atoms with Crippen LogP contribution in [0.5, 0.6) is 5.75 Å². The van der Waals surface area contributed by atoms with Crippen molar-refractivity contribution in [1.82, 2.24) is 5.32 Å². The van der Waals surface area contributed by atoms with E-state index in [-0.39, 0.29) is 10.7 Å². The highest BCUT2D eigenvalue weighted by molar-refractivity contribution is 7.80. The SMILES string of the molecule is Cc1ccc(N2C(=O)/C(=C/c3c(OCc4ccc(Cl)cc4)ccc4ccccc34)C(=O)NC2=S)cc1C. The number of hydrogen-bond acceptors (Lipinski definition) is 4. The molecule has 0 atom stereocenters. The molecule has 0 radical (unpaired) electrons. The summed E-state index contributed by atoms with van der Waals surface area (Å²) in [6.07, 6.45) is 1.59. The number of nitrogens with zero attached hydrogens (tertiary/aromatic N) is 1. The van der Waals surface area contributed by atoms with Gasteiger partial charge in [-0.25, -0.2) is 0 Å². The number of amides is 2. The number of benzene rings is 4. The highest BCUT2D eigenvalue weighted by Gasteiger charge is 2.35. The monoisotopic (exact) mass is 526 g/mol. The van der Waals surface area contributed by atoms with Crippen molar-refractivity contribution in [3.8, 4) is 5.75 Å². The highest BCUT2D eigenvalue weighted by atomic mass is 35.5. The smallest absolute Gasteiger partial charge is 0.270 e. The first-order chi connectivity index (χ1) is 17.8. The fourth-order valence-corrected chi connectivity index (χ4v) is 4.60. The first kappa shape index (κ1) is 24.7. The molecule has 1 aliphatic heterocycles. The molecule has 4 aromatic rings. The molecule has 5 nitrogen and oxygen atoms in total. The normalized spacial score (nSPS) is 14.8. The number of carbonyl (C=O) groups is 2. The highest BCUT2D eigenvalue weighted by Crippen LogP contribution is 2.32. The molecule has 5 rings (SSSR count). The van der Waals surface area contributed by atoms with Crippen LogP contribution < -0.4 is 15.0 Å². The van der Waals surface area contributed by atoms with Gasteiger partial charge in [-0.1, -0.05) is 60.1 Å². The predicted octanol–water partition coefficient (Wildman–Crippen LogP) is 6.52. The number of thiocarbonyl (C=S) groups is 1. The maximum absolute atomic E-state index is 13.7. The number of halogens is 1. The van der Waals surface area contributed by atoms with Crippen LogP contribution in [-0.4, -0.2) is 16.9 Å². The summed E-state index contributed by atoms with van der Waals surface area (Å²) in [7, 11) is 0. The van der Waals surface area contributed by atoms with Crippen LogP contribution in [0.1, 0.15) is 22.3 Å². The van der Waals surface area contributed by atoms with E-state index in [0.717, 1.165) is 27.5 Å². The van der Waals surface area contributed by atoms with Gasteiger partial charge in [0.05, 0.1) is 5.69 Å². The molecule has 1 heterocycles. The Hall–Kier alpha value is -4.00. The van der Waals surface area contributed by atoms with Gasteiger partial charge < -0.3 is 4.74 Å². The van der Waals surface area contributed by atoms with E-state index in [1.165, 1.54) is 4.90 Å². The molecule has 1 N–H and O–H groups in total. The lowest BCUT2D eigenvalue weighted by atomic mass is 9.99. The molecule has 0 spiro atoms. The molecule has 0 saturated carbocycles. The van der Waals surface area contributed by atoms with Gasteiger partial charge >= 0.3 is 0 Å². The number of aryl methyl sites for hydroxylation is 2. The summed E-state index contributed by atoms with van der Waals surface area (Å²) < 4.78 is 6.17. The van der Waals surface area contributed by atoms with Crippen LogP contribution in [0.4, 0.5) is 5.69 Å². The van der Waals surface area contributed by atoms with E-state index in [4.69, 9.17) is 28.6 Å². The fraction of sp³-hybridized carbons (Fsp3) is 0.100. The zero-order valence-corrected chi connectivity index (χ0v) is 21.8. The molecule has 4 aromatic carbocycles. The number of fused-ring (bicyclic) bond motifs is 1. The third kappa shape index (κ3) is 4.99. The molecule has 0 unspecified atom stereocenters. The van der Waals surface area contributed by atoms with Crippen molar-refractivity contribution in [2.75, 3.05) is 4.90 Å². The van der Waals surface area contributed by atoms with Crippen LogP contribution >= 0.6 is 23.8 Å². The zero-order chi connectivity index (χ0) is 26.1. The topological polar surface area (TPSA) is 58.6 Å². The third-order valence-corrected chi connectivity index (χ3v) is 6.91. The van der Waals surface area contributed by atoms with E-state index in [1.807, 2.05) is 80.6 Å². The van der Waals surface area contributed by atoms with Crippen molar-refractivity contribution in [2.45, 2.75) is 20.5 Å². The second-order valence-corrected chi connectivity index (χ2v) is 9.66. The maximum Gasteiger partial charge on any atom is 0.270 e. The minimum Gasteiger partial charge on any atom is -0.488 e. The summed E-state index contributed by atoms with van der Waals surface area (Å²) in [4.78, 5) is 28.0. The molecule has 2 amide bonds. The summed E-state index contributed by atoms with van der Waals surface area (Å²) in [5.41, 5.74) is 4.26. The van der Waals surface area contributed by atoms with Crippen molar-refractivity contribution >= 4 is 63.3 Å². The summed E-state index contributed by atoms with van der Waals surface area (Å²) in [5, 5.41) is 5.18. The van der Waals surface area contributed by atoms with Gasteiger partial charge in [-0.15, -0.1) is 0 Å². The Labute approximate surface area is 225 Å². The van der Waals surface area contributed by atoms with Crippen LogP contribution in [0.2, 0.25) is 5.02 Å². The maximum atomic E-state index is 13.7. The number of nitrogens with one attached hydrogen (secondary N) is 1. The first-order valence-electron chi connectivity index (χ1n) is 11.7. The van der Waals surface area contributed by atoms with Crippen molar-refractivity contribution in [1.29, 1.82) is 0 Å². The van der Waals surface area contributed by atoms with Gasteiger partial charge in [-0.3, -0.25) is 19.8 Å². The van der Waals surface area contributed by atoms with Gasteiger partial charge in [0.25, 0.3) is 11.8 Å². The molecular formula is C30H23ClN2O3S. The zero-order valence-electron chi connectivity index (χ0n) is 20.2. The van der Waals surface area contributed by atoms with Gasteiger partial charge in [0, 0.05) is 10.6 Å². The Morgan fingerprint density at radius 3 is 2.46 bits per heavy atom. The average molecular weight is 527 g/mol. The molecule has 37 heavy (non-hydrogen) atoms.